The lowest BCUT2D eigenvalue weighted by Crippen LogP contribution is -2.49. The maximum atomic E-state index is 13.2. The molecule has 0 atom stereocenters. The Balaban J connectivity index is 1.99. The van der Waals surface area contributed by atoms with Crippen LogP contribution in [0.2, 0.25) is 0 Å². The van der Waals surface area contributed by atoms with Crippen LogP contribution in [0.1, 0.15) is 30.4 Å². The summed E-state index contributed by atoms with van der Waals surface area (Å²) in [5, 5.41) is 12.8. The summed E-state index contributed by atoms with van der Waals surface area (Å²) in [5.41, 5.74) is 1.69. The first-order valence-corrected chi connectivity index (χ1v) is 6.84. The van der Waals surface area contributed by atoms with Crippen LogP contribution in [0.4, 0.5) is 4.39 Å². The fourth-order valence-electron chi connectivity index (χ4n) is 2.60. The number of ether oxygens (including phenoxy) is 1. The zero-order valence-corrected chi connectivity index (χ0v) is 11.4. The minimum absolute atomic E-state index is 0.0463. The van der Waals surface area contributed by atoms with E-state index in [0.29, 0.717) is 12.1 Å². The van der Waals surface area contributed by atoms with Crippen molar-refractivity contribution in [2.45, 2.75) is 38.3 Å². The first kappa shape index (κ1) is 14.4. The molecule has 19 heavy (non-hydrogen) atoms. The fraction of sp³-hybridized carbons (Fsp3) is 0.600. The van der Waals surface area contributed by atoms with Gasteiger partial charge in [-0.25, -0.2) is 4.39 Å². The Bertz CT molecular complexity index is 411. The van der Waals surface area contributed by atoms with E-state index in [1.807, 2.05) is 6.07 Å². The summed E-state index contributed by atoms with van der Waals surface area (Å²) >= 11 is 0. The molecule has 1 aromatic carbocycles. The minimum Gasteiger partial charge on any atom is -0.396 e. The smallest absolute Gasteiger partial charge is 0.126 e. The summed E-state index contributed by atoms with van der Waals surface area (Å²) in [4.78, 5) is 0. The second kappa shape index (κ2) is 6.46. The van der Waals surface area contributed by atoms with Crippen molar-refractivity contribution in [3.8, 4) is 0 Å². The van der Waals surface area contributed by atoms with Crippen molar-refractivity contribution in [2.24, 2.45) is 0 Å². The van der Waals surface area contributed by atoms with Crippen LogP contribution in [0.25, 0.3) is 0 Å². The highest BCUT2D eigenvalue weighted by Gasteiger charge is 2.31. The van der Waals surface area contributed by atoms with Crippen LogP contribution in [0, 0.1) is 12.7 Å². The molecular weight excluding hydrogens is 245 g/mol. The van der Waals surface area contributed by atoms with Crippen LogP contribution >= 0.6 is 0 Å². The van der Waals surface area contributed by atoms with E-state index < -0.39 is 0 Å². The molecule has 106 valence electrons. The summed E-state index contributed by atoms with van der Waals surface area (Å²) in [6.45, 7) is 4.11. The number of hydrogen-bond donors (Lipinski definition) is 2. The first-order chi connectivity index (χ1) is 9.15. The van der Waals surface area contributed by atoms with Crippen LogP contribution in [0.5, 0.6) is 0 Å². The van der Waals surface area contributed by atoms with Gasteiger partial charge in [-0.05, 0) is 43.4 Å². The number of halogens is 1. The topological polar surface area (TPSA) is 41.5 Å². The first-order valence-electron chi connectivity index (χ1n) is 6.84. The Labute approximate surface area is 113 Å². The van der Waals surface area contributed by atoms with Crippen molar-refractivity contribution in [2.75, 3.05) is 19.8 Å². The molecule has 1 aliphatic heterocycles. The average molecular weight is 267 g/mol. The molecule has 1 fully saturated rings. The molecule has 0 unspecified atom stereocenters. The largest absolute Gasteiger partial charge is 0.396 e. The van der Waals surface area contributed by atoms with Gasteiger partial charge in [-0.1, -0.05) is 12.1 Å². The Hall–Kier alpha value is -0.970. The van der Waals surface area contributed by atoms with Gasteiger partial charge in [-0.3, -0.25) is 0 Å². The van der Waals surface area contributed by atoms with Crippen molar-refractivity contribution < 1.29 is 14.2 Å². The molecule has 0 bridgehead atoms. The number of nitrogens with one attached hydrogen (secondary N) is 1. The Morgan fingerprint density at radius 3 is 2.74 bits per heavy atom. The van der Waals surface area contributed by atoms with Gasteiger partial charge < -0.3 is 15.2 Å². The zero-order chi connectivity index (χ0) is 13.7. The van der Waals surface area contributed by atoms with Crippen LogP contribution in [0.15, 0.2) is 18.2 Å². The molecular formula is C15H22FNO2. The van der Waals surface area contributed by atoms with Gasteiger partial charge in [0, 0.05) is 31.9 Å². The van der Waals surface area contributed by atoms with Crippen LogP contribution in [-0.2, 0) is 11.3 Å². The molecule has 1 aromatic rings. The highest BCUT2D eigenvalue weighted by Crippen LogP contribution is 2.25. The van der Waals surface area contributed by atoms with Crippen molar-refractivity contribution in [3.05, 3.63) is 35.1 Å². The highest BCUT2D eigenvalue weighted by molar-refractivity contribution is 5.24. The molecule has 4 heteroatoms. The van der Waals surface area contributed by atoms with E-state index in [2.05, 4.69) is 5.32 Å². The Morgan fingerprint density at radius 2 is 2.11 bits per heavy atom. The van der Waals surface area contributed by atoms with Crippen molar-refractivity contribution in [1.29, 1.82) is 0 Å². The summed E-state index contributed by atoms with van der Waals surface area (Å²) in [5.74, 6) is -0.167. The van der Waals surface area contributed by atoms with Gasteiger partial charge in [-0.2, -0.15) is 0 Å². The number of aliphatic hydroxyl groups is 1. The number of benzene rings is 1. The average Bonchev–Trinajstić information content (AvgIpc) is 2.42. The minimum atomic E-state index is -0.167. The van der Waals surface area contributed by atoms with E-state index in [9.17, 15) is 9.50 Å². The van der Waals surface area contributed by atoms with E-state index in [1.165, 1.54) is 6.07 Å². The second-order valence-corrected chi connectivity index (χ2v) is 5.30. The summed E-state index contributed by atoms with van der Waals surface area (Å²) in [6, 6.07) is 5.19. The number of hydrogen-bond acceptors (Lipinski definition) is 3. The number of rotatable bonds is 5. The normalized spacial score (nSPS) is 18.5. The van der Waals surface area contributed by atoms with Crippen molar-refractivity contribution in [3.63, 3.8) is 0 Å². The van der Waals surface area contributed by atoms with Crippen molar-refractivity contribution >= 4 is 0 Å². The molecule has 2 N–H and O–H groups in total. The van der Waals surface area contributed by atoms with Crippen LogP contribution < -0.4 is 5.32 Å². The molecule has 1 aliphatic rings. The highest BCUT2D eigenvalue weighted by atomic mass is 19.1. The SMILES string of the molecule is Cc1cc(CNC2(CCO)CCOCC2)ccc1F. The summed E-state index contributed by atoms with van der Waals surface area (Å²) < 4.78 is 18.6. The molecule has 0 saturated carbocycles. The van der Waals surface area contributed by atoms with Crippen LogP contribution in [0.3, 0.4) is 0 Å². The summed E-state index contributed by atoms with van der Waals surface area (Å²) in [7, 11) is 0. The Morgan fingerprint density at radius 1 is 1.37 bits per heavy atom. The molecule has 1 heterocycles. The van der Waals surface area contributed by atoms with Gasteiger partial charge in [0.1, 0.15) is 5.82 Å². The molecule has 0 aromatic heterocycles. The van der Waals surface area contributed by atoms with Crippen molar-refractivity contribution in [1.82, 2.24) is 5.32 Å². The molecule has 1 saturated heterocycles. The Kier molecular flexibility index (Phi) is 4.91. The molecule has 0 radical (unpaired) electrons. The van der Waals surface area contributed by atoms with E-state index in [1.54, 1.807) is 13.0 Å². The molecule has 0 aliphatic carbocycles. The third-order valence-electron chi connectivity index (χ3n) is 3.93. The summed E-state index contributed by atoms with van der Waals surface area (Å²) in [6.07, 6.45) is 2.55. The lowest BCUT2D eigenvalue weighted by atomic mass is 9.86. The monoisotopic (exact) mass is 267 g/mol. The quantitative estimate of drug-likeness (QED) is 0.859. The van der Waals surface area contributed by atoms with Gasteiger partial charge in [0.2, 0.25) is 0 Å². The van der Waals surface area contributed by atoms with E-state index in [4.69, 9.17) is 4.74 Å². The van der Waals surface area contributed by atoms with Gasteiger partial charge in [0.15, 0.2) is 0 Å². The zero-order valence-electron chi connectivity index (χ0n) is 11.4. The third-order valence-corrected chi connectivity index (χ3v) is 3.93. The lowest BCUT2D eigenvalue weighted by Gasteiger charge is -2.38. The number of aliphatic hydroxyl groups excluding tert-OH is 1. The molecule has 0 spiro atoms. The van der Waals surface area contributed by atoms with E-state index in [-0.39, 0.29) is 18.0 Å². The van der Waals surface area contributed by atoms with Gasteiger partial charge >= 0.3 is 0 Å². The molecule has 0 amide bonds. The lowest BCUT2D eigenvalue weighted by molar-refractivity contribution is 0.0267. The fourth-order valence-corrected chi connectivity index (χ4v) is 2.60. The van der Waals surface area contributed by atoms with Gasteiger partial charge in [0.25, 0.3) is 0 Å². The maximum Gasteiger partial charge on any atom is 0.126 e. The van der Waals surface area contributed by atoms with Gasteiger partial charge in [0.05, 0.1) is 0 Å². The third kappa shape index (κ3) is 3.75. The molecule has 3 nitrogen and oxygen atoms in total. The predicted molar refractivity (Wildman–Crippen MR) is 72.5 cm³/mol. The van der Waals surface area contributed by atoms with Crippen LogP contribution in [-0.4, -0.2) is 30.5 Å². The maximum absolute atomic E-state index is 13.2. The van der Waals surface area contributed by atoms with Gasteiger partial charge in [-0.15, -0.1) is 0 Å². The molecule has 2 rings (SSSR count). The predicted octanol–water partition coefficient (Wildman–Crippen LogP) is 2.16. The standard InChI is InChI=1S/C15H22FNO2/c1-12-10-13(2-3-14(12)16)11-17-15(4-7-18)5-8-19-9-6-15/h2-3,10,17-18H,4-9,11H2,1H3. The van der Waals surface area contributed by atoms with E-state index in [0.717, 1.165) is 38.0 Å². The second-order valence-electron chi connectivity index (χ2n) is 5.30. The number of aryl methyl sites for hydroxylation is 1. The van der Waals surface area contributed by atoms with E-state index >= 15 is 0 Å².